The van der Waals surface area contributed by atoms with E-state index >= 15 is 0 Å². The monoisotopic (exact) mass is 260 g/mol. The number of anilines is 1. The molecule has 0 unspecified atom stereocenters. The molecule has 1 aliphatic heterocycles. The first-order valence-electron chi connectivity index (χ1n) is 6.72. The summed E-state index contributed by atoms with van der Waals surface area (Å²) in [4.78, 5) is 10.3. The van der Waals surface area contributed by atoms with Gasteiger partial charge in [0.1, 0.15) is 5.82 Å². The Morgan fingerprint density at radius 2 is 2.11 bits per heavy atom. The molecule has 0 aliphatic carbocycles. The molecular weight excluding hydrogens is 240 g/mol. The molecule has 1 saturated heterocycles. The van der Waals surface area contributed by atoms with E-state index in [2.05, 4.69) is 28.7 Å². The van der Waals surface area contributed by atoms with Gasteiger partial charge in [0.15, 0.2) is 0 Å². The van der Waals surface area contributed by atoms with Crippen molar-refractivity contribution in [1.82, 2.24) is 14.9 Å². The Morgan fingerprint density at radius 3 is 2.84 bits per heavy atom. The Bertz CT molecular complexity index is 570. The van der Waals surface area contributed by atoms with Gasteiger partial charge in [-0.3, -0.25) is 4.90 Å². The van der Waals surface area contributed by atoms with E-state index in [9.17, 15) is 0 Å². The largest absolute Gasteiger partial charge is 0.399 e. The summed E-state index contributed by atoms with van der Waals surface area (Å²) in [5.41, 5.74) is 8.51. The Kier molecular flexibility index (Phi) is 3.16. The lowest BCUT2D eigenvalue weighted by molar-refractivity contribution is -0.0710. The number of nitrogens with zero attached hydrogens (tertiary/aromatic N) is 2. The molecule has 2 heterocycles. The van der Waals surface area contributed by atoms with Gasteiger partial charge in [0.25, 0.3) is 0 Å². The molecule has 1 aromatic carbocycles. The van der Waals surface area contributed by atoms with Crippen LogP contribution in [0.3, 0.4) is 0 Å². The van der Waals surface area contributed by atoms with Crippen LogP contribution in [0.25, 0.3) is 11.0 Å². The topological polar surface area (TPSA) is 67.2 Å². The molecule has 3 rings (SSSR count). The highest BCUT2D eigenvalue weighted by atomic mass is 16.5. The van der Waals surface area contributed by atoms with Gasteiger partial charge in [-0.1, -0.05) is 0 Å². The molecule has 0 amide bonds. The van der Waals surface area contributed by atoms with E-state index in [0.29, 0.717) is 0 Å². The van der Waals surface area contributed by atoms with Crippen molar-refractivity contribution in [3.8, 4) is 0 Å². The van der Waals surface area contributed by atoms with Crippen LogP contribution in [0.4, 0.5) is 5.69 Å². The predicted molar refractivity (Wildman–Crippen MR) is 75.8 cm³/mol. The summed E-state index contributed by atoms with van der Waals surface area (Å²) in [6.07, 6.45) is 0.563. The van der Waals surface area contributed by atoms with Gasteiger partial charge in [-0.25, -0.2) is 4.98 Å². The average molecular weight is 260 g/mol. The minimum atomic E-state index is 0.281. The number of H-pyrrole nitrogens is 1. The summed E-state index contributed by atoms with van der Waals surface area (Å²) in [7, 11) is 0. The molecule has 5 nitrogen and oxygen atoms in total. The molecule has 3 N–H and O–H groups in total. The first-order chi connectivity index (χ1) is 9.10. The molecule has 1 aliphatic rings. The molecule has 2 aromatic rings. The van der Waals surface area contributed by atoms with E-state index in [4.69, 9.17) is 10.5 Å². The van der Waals surface area contributed by atoms with Crippen LogP contribution in [0.2, 0.25) is 0 Å². The number of ether oxygens (including phenoxy) is 1. The van der Waals surface area contributed by atoms with Gasteiger partial charge in [0.2, 0.25) is 0 Å². The van der Waals surface area contributed by atoms with Crippen LogP contribution in [0, 0.1) is 0 Å². The van der Waals surface area contributed by atoms with Gasteiger partial charge in [-0.15, -0.1) is 0 Å². The van der Waals surface area contributed by atoms with Crippen molar-refractivity contribution < 1.29 is 4.74 Å². The number of hydrogen-bond donors (Lipinski definition) is 2. The number of aromatic nitrogens is 2. The lowest BCUT2D eigenvalue weighted by atomic mass is 10.2. The van der Waals surface area contributed by atoms with Gasteiger partial charge in [-0.2, -0.15) is 0 Å². The van der Waals surface area contributed by atoms with E-state index in [1.807, 2.05) is 18.2 Å². The minimum Gasteiger partial charge on any atom is -0.399 e. The van der Waals surface area contributed by atoms with Gasteiger partial charge in [-0.05, 0) is 32.0 Å². The number of imidazole rings is 1. The third-order valence-corrected chi connectivity index (χ3v) is 3.42. The lowest BCUT2D eigenvalue weighted by Gasteiger charge is -2.34. The zero-order valence-electron chi connectivity index (χ0n) is 11.4. The molecule has 102 valence electrons. The second kappa shape index (κ2) is 4.83. The summed E-state index contributed by atoms with van der Waals surface area (Å²) in [5.74, 6) is 0.988. The molecule has 5 heteroatoms. The van der Waals surface area contributed by atoms with Crippen LogP contribution < -0.4 is 5.73 Å². The normalized spacial score (nSPS) is 24.9. The average Bonchev–Trinajstić information content (AvgIpc) is 2.68. The summed E-state index contributed by atoms with van der Waals surface area (Å²) < 4.78 is 5.74. The summed E-state index contributed by atoms with van der Waals surface area (Å²) in [5, 5.41) is 0. The Labute approximate surface area is 112 Å². The standard InChI is InChI=1S/C14H20N4O/c1-9-6-18(7-10(2)19-9)8-14-16-12-4-3-11(15)5-13(12)17-14/h3-5,9-10H,6-8,15H2,1-2H3,(H,16,17)/t9-,10+. The fraction of sp³-hybridized carbons (Fsp3) is 0.500. The van der Waals surface area contributed by atoms with E-state index in [1.165, 1.54) is 0 Å². The Hall–Kier alpha value is -1.59. The van der Waals surface area contributed by atoms with Crippen LogP contribution in [0.5, 0.6) is 0 Å². The van der Waals surface area contributed by atoms with Crippen molar-refractivity contribution in [3.63, 3.8) is 0 Å². The number of aromatic amines is 1. The van der Waals surface area contributed by atoms with Crippen LogP contribution in [0.15, 0.2) is 18.2 Å². The second-order valence-corrected chi connectivity index (χ2v) is 5.41. The molecule has 1 fully saturated rings. The first kappa shape index (κ1) is 12.4. The number of hydrogen-bond acceptors (Lipinski definition) is 4. The summed E-state index contributed by atoms with van der Waals surface area (Å²) in [6.45, 7) is 6.95. The SMILES string of the molecule is C[C@@H]1CN(Cc2nc3ccc(N)cc3[nH]2)C[C@H](C)O1. The van der Waals surface area contributed by atoms with Gasteiger partial charge in [0, 0.05) is 18.8 Å². The van der Waals surface area contributed by atoms with E-state index < -0.39 is 0 Å². The highest BCUT2D eigenvalue weighted by molar-refractivity contribution is 5.78. The fourth-order valence-electron chi connectivity index (χ4n) is 2.78. The zero-order chi connectivity index (χ0) is 13.4. The van der Waals surface area contributed by atoms with Crippen molar-refractivity contribution in [2.24, 2.45) is 0 Å². The quantitative estimate of drug-likeness (QED) is 0.807. The van der Waals surface area contributed by atoms with Crippen molar-refractivity contribution in [3.05, 3.63) is 24.0 Å². The van der Waals surface area contributed by atoms with Crippen molar-refractivity contribution in [2.75, 3.05) is 18.8 Å². The molecule has 0 spiro atoms. The molecule has 0 bridgehead atoms. The maximum absolute atomic E-state index is 5.78. The fourth-order valence-corrected chi connectivity index (χ4v) is 2.78. The van der Waals surface area contributed by atoms with Crippen molar-refractivity contribution in [2.45, 2.75) is 32.6 Å². The molecule has 1 aromatic heterocycles. The Morgan fingerprint density at radius 1 is 1.37 bits per heavy atom. The third-order valence-electron chi connectivity index (χ3n) is 3.42. The maximum Gasteiger partial charge on any atom is 0.121 e. The maximum atomic E-state index is 5.78. The number of nitrogens with two attached hydrogens (primary N) is 1. The summed E-state index contributed by atoms with van der Waals surface area (Å²) >= 11 is 0. The minimum absolute atomic E-state index is 0.281. The molecule has 19 heavy (non-hydrogen) atoms. The highest BCUT2D eigenvalue weighted by Crippen LogP contribution is 2.17. The Balaban J connectivity index is 1.77. The number of rotatable bonds is 2. The van der Waals surface area contributed by atoms with Crippen LogP contribution in [-0.2, 0) is 11.3 Å². The zero-order valence-corrected chi connectivity index (χ0v) is 11.4. The van der Waals surface area contributed by atoms with E-state index in [1.54, 1.807) is 0 Å². The number of fused-ring (bicyclic) bond motifs is 1. The molecular formula is C14H20N4O. The van der Waals surface area contributed by atoms with Crippen molar-refractivity contribution >= 4 is 16.7 Å². The number of benzene rings is 1. The molecule has 2 atom stereocenters. The molecule has 0 radical (unpaired) electrons. The number of nitrogens with one attached hydrogen (secondary N) is 1. The predicted octanol–water partition coefficient (Wildman–Crippen LogP) is 1.75. The second-order valence-electron chi connectivity index (χ2n) is 5.41. The molecule has 0 saturated carbocycles. The summed E-state index contributed by atoms with van der Waals surface area (Å²) in [6, 6.07) is 5.76. The smallest absolute Gasteiger partial charge is 0.121 e. The van der Waals surface area contributed by atoms with Gasteiger partial charge >= 0.3 is 0 Å². The van der Waals surface area contributed by atoms with Crippen molar-refractivity contribution in [1.29, 1.82) is 0 Å². The van der Waals surface area contributed by atoms with E-state index in [-0.39, 0.29) is 12.2 Å². The lowest BCUT2D eigenvalue weighted by Crippen LogP contribution is -2.44. The van der Waals surface area contributed by atoms with E-state index in [0.717, 1.165) is 42.2 Å². The van der Waals surface area contributed by atoms with Crippen LogP contribution >= 0.6 is 0 Å². The van der Waals surface area contributed by atoms with Crippen LogP contribution in [-0.4, -0.2) is 40.2 Å². The van der Waals surface area contributed by atoms with Gasteiger partial charge < -0.3 is 15.5 Å². The third kappa shape index (κ3) is 2.72. The highest BCUT2D eigenvalue weighted by Gasteiger charge is 2.22. The van der Waals surface area contributed by atoms with Crippen LogP contribution in [0.1, 0.15) is 19.7 Å². The number of nitrogen functional groups attached to an aromatic ring is 1. The first-order valence-corrected chi connectivity index (χ1v) is 6.72. The number of morpholine rings is 1. The van der Waals surface area contributed by atoms with Gasteiger partial charge in [0.05, 0.1) is 29.8 Å².